The summed E-state index contributed by atoms with van der Waals surface area (Å²) in [5, 5.41) is 7.88. The molecule has 9 nitrogen and oxygen atoms in total. The number of nitrogens with two attached hydrogens (primary N) is 1. The second kappa shape index (κ2) is 11.3. The van der Waals surface area contributed by atoms with Gasteiger partial charge < -0.3 is 26.4 Å². The van der Waals surface area contributed by atoms with Gasteiger partial charge in [0.15, 0.2) is 6.61 Å². The average Bonchev–Trinajstić information content (AvgIpc) is 2.83. The molecule has 0 spiro atoms. The van der Waals surface area contributed by atoms with Crippen molar-refractivity contribution in [1.82, 2.24) is 5.32 Å². The molecule has 5 N–H and O–H groups in total. The number of hydrogen-bond acceptors (Lipinski definition) is 5. The molecular weight excluding hydrogens is 436 g/mol. The van der Waals surface area contributed by atoms with Crippen molar-refractivity contribution < 1.29 is 23.9 Å². The molecule has 174 valence electrons. The summed E-state index contributed by atoms with van der Waals surface area (Å²) in [6, 6.07) is 20.9. The summed E-state index contributed by atoms with van der Waals surface area (Å²) in [6.07, 6.45) is 0. The lowest BCUT2D eigenvalue weighted by molar-refractivity contribution is -0.119. The van der Waals surface area contributed by atoms with Crippen LogP contribution in [0.2, 0.25) is 0 Å². The van der Waals surface area contributed by atoms with Crippen molar-refractivity contribution in [2.24, 2.45) is 5.73 Å². The Balaban J connectivity index is 1.57. The standard InChI is InChI=1S/C25H24N4O5/c1-16(17-7-3-2-4-8-17)27-23(31)20-9-5-6-10-21(20)29-22(30)15-34-24(32)18-11-13-19(14-12-18)28-25(26)33/h2-14,16H,15H2,1H3,(H,27,31)(H,29,30)(H3,26,28,33). The third kappa shape index (κ3) is 6.67. The van der Waals surface area contributed by atoms with E-state index in [1.165, 1.54) is 24.3 Å². The van der Waals surface area contributed by atoms with Gasteiger partial charge in [0.2, 0.25) is 0 Å². The molecule has 9 heteroatoms. The van der Waals surface area contributed by atoms with E-state index in [2.05, 4.69) is 16.0 Å². The zero-order valence-electron chi connectivity index (χ0n) is 18.4. The molecule has 0 aromatic heterocycles. The second-order valence-electron chi connectivity index (χ2n) is 7.34. The predicted molar refractivity (Wildman–Crippen MR) is 127 cm³/mol. The van der Waals surface area contributed by atoms with E-state index in [9.17, 15) is 19.2 Å². The number of hydrogen-bond donors (Lipinski definition) is 4. The molecule has 3 rings (SSSR count). The van der Waals surface area contributed by atoms with Crippen LogP contribution in [0.4, 0.5) is 16.2 Å². The molecule has 34 heavy (non-hydrogen) atoms. The number of carbonyl (C=O) groups excluding carboxylic acids is 4. The number of primary amides is 1. The highest BCUT2D eigenvalue weighted by atomic mass is 16.5. The van der Waals surface area contributed by atoms with Crippen molar-refractivity contribution in [2.75, 3.05) is 17.2 Å². The van der Waals surface area contributed by atoms with Crippen LogP contribution in [0.15, 0.2) is 78.9 Å². The van der Waals surface area contributed by atoms with Crippen LogP contribution >= 0.6 is 0 Å². The van der Waals surface area contributed by atoms with Gasteiger partial charge in [-0.3, -0.25) is 9.59 Å². The zero-order chi connectivity index (χ0) is 24.5. The number of anilines is 2. The number of urea groups is 1. The number of ether oxygens (including phenoxy) is 1. The highest BCUT2D eigenvalue weighted by Gasteiger charge is 2.17. The van der Waals surface area contributed by atoms with Crippen molar-refractivity contribution in [3.63, 3.8) is 0 Å². The van der Waals surface area contributed by atoms with Gasteiger partial charge in [0.25, 0.3) is 11.8 Å². The van der Waals surface area contributed by atoms with Crippen LogP contribution in [0.5, 0.6) is 0 Å². The van der Waals surface area contributed by atoms with Crippen LogP contribution in [0, 0.1) is 0 Å². The summed E-state index contributed by atoms with van der Waals surface area (Å²) >= 11 is 0. The number of esters is 1. The van der Waals surface area contributed by atoms with Gasteiger partial charge in [-0.05, 0) is 48.9 Å². The quantitative estimate of drug-likeness (QED) is 0.381. The summed E-state index contributed by atoms with van der Waals surface area (Å²) < 4.78 is 5.04. The first-order chi connectivity index (χ1) is 16.3. The summed E-state index contributed by atoms with van der Waals surface area (Å²) in [6.45, 7) is 1.32. The van der Waals surface area contributed by atoms with Crippen LogP contribution < -0.4 is 21.7 Å². The number of amides is 4. The molecule has 1 unspecified atom stereocenters. The van der Waals surface area contributed by atoms with Crippen LogP contribution in [0.1, 0.15) is 39.2 Å². The van der Waals surface area contributed by atoms with Gasteiger partial charge >= 0.3 is 12.0 Å². The Bertz CT molecular complexity index is 1180. The maximum absolute atomic E-state index is 12.8. The number of nitrogens with one attached hydrogen (secondary N) is 3. The summed E-state index contributed by atoms with van der Waals surface area (Å²) in [5.41, 5.74) is 7.16. The largest absolute Gasteiger partial charge is 0.452 e. The van der Waals surface area contributed by atoms with Crippen molar-refractivity contribution in [2.45, 2.75) is 13.0 Å². The Hall–Kier alpha value is -4.66. The van der Waals surface area contributed by atoms with Crippen LogP contribution in [-0.2, 0) is 9.53 Å². The predicted octanol–water partition coefficient (Wildman–Crippen LogP) is 3.46. The van der Waals surface area contributed by atoms with E-state index in [1.807, 2.05) is 37.3 Å². The Morgan fingerprint density at radius 1 is 0.853 bits per heavy atom. The molecule has 0 saturated heterocycles. The second-order valence-corrected chi connectivity index (χ2v) is 7.34. The van der Waals surface area contributed by atoms with Gasteiger partial charge in [-0.25, -0.2) is 9.59 Å². The molecule has 0 aliphatic heterocycles. The molecule has 0 saturated carbocycles. The topological polar surface area (TPSA) is 140 Å². The fourth-order valence-electron chi connectivity index (χ4n) is 3.12. The molecule has 0 aliphatic rings. The highest BCUT2D eigenvalue weighted by Crippen LogP contribution is 2.18. The minimum atomic E-state index is -0.726. The Kier molecular flexibility index (Phi) is 7.96. The monoisotopic (exact) mass is 460 g/mol. The van der Waals surface area contributed by atoms with Gasteiger partial charge in [0.05, 0.1) is 22.9 Å². The molecule has 3 aromatic carbocycles. The van der Waals surface area contributed by atoms with E-state index < -0.39 is 24.5 Å². The van der Waals surface area contributed by atoms with E-state index in [0.717, 1.165) is 5.56 Å². The third-order valence-corrected chi connectivity index (χ3v) is 4.82. The van der Waals surface area contributed by atoms with E-state index in [1.54, 1.807) is 24.3 Å². The number of carbonyl (C=O) groups is 4. The Labute approximate surface area is 196 Å². The minimum absolute atomic E-state index is 0.192. The van der Waals surface area contributed by atoms with E-state index in [0.29, 0.717) is 11.4 Å². The lowest BCUT2D eigenvalue weighted by Gasteiger charge is -2.16. The first-order valence-electron chi connectivity index (χ1n) is 10.4. The number of para-hydroxylation sites is 1. The fourth-order valence-corrected chi connectivity index (χ4v) is 3.12. The van der Waals surface area contributed by atoms with Gasteiger partial charge in [0.1, 0.15) is 0 Å². The summed E-state index contributed by atoms with van der Waals surface area (Å²) in [4.78, 5) is 48.2. The maximum atomic E-state index is 12.8. The molecular formula is C25H24N4O5. The van der Waals surface area contributed by atoms with Crippen LogP contribution in [0.3, 0.4) is 0 Å². The smallest absolute Gasteiger partial charge is 0.338 e. The maximum Gasteiger partial charge on any atom is 0.338 e. The van der Waals surface area contributed by atoms with Crippen molar-refractivity contribution in [1.29, 1.82) is 0 Å². The third-order valence-electron chi connectivity index (χ3n) is 4.82. The molecule has 0 radical (unpaired) electrons. The molecule has 0 bridgehead atoms. The van der Waals surface area contributed by atoms with Crippen LogP contribution in [-0.4, -0.2) is 30.4 Å². The number of benzene rings is 3. The van der Waals surface area contributed by atoms with Gasteiger partial charge in [-0.2, -0.15) is 0 Å². The molecule has 0 heterocycles. The molecule has 1 atom stereocenters. The molecule has 0 fully saturated rings. The molecule has 4 amide bonds. The summed E-state index contributed by atoms with van der Waals surface area (Å²) in [5.74, 6) is -1.67. The van der Waals surface area contributed by atoms with Gasteiger partial charge in [-0.15, -0.1) is 0 Å². The first kappa shape index (κ1) is 24.0. The highest BCUT2D eigenvalue weighted by molar-refractivity contribution is 6.04. The number of rotatable bonds is 8. The normalized spacial score (nSPS) is 11.1. The summed E-state index contributed by atoms with van der Waals surface area (Å²) in [7, 11) is 0. The lowest BCUT2D eigenvalue weighted by atomic mass is 10.1. The Morgan fingerprint density at radius 3 is 2.18 bits per heavy atom. The first-order valence-corrected chi connectivity index (χ1v) is 10.4. The van der Waals surface area contributed by atoms with E-state index in [-0.39, 0.29) is 23.1 Å². The van der Waals surface area contributed by atoms with E-state index >= 15 is 0 Å². The molecule has 0 aliphatic carbocycles. The molecule has 3 aromatic rings. The van der Waals surface area contributed by atoms with Gasteiger partial charge in [0, 0.05) is 5.69 Å². The SMILES string of the molecule is CC(NC(=O)c1ccccc1NC(=O)COC(=O)c1ccc(NC(N)=O)cc1)c1ccccc1. The van der Waals surface area contributed by atoms with Crippen molar-refractivity contribution in [3.05, 3.63) is 95.6 Å². The van der Waals surface area contributed by atoms with Gasteiger partial charge in [-0.1, -0.05) is 42.5 Å². The minimum Gasteiger partial charge on any atom is -0.452 e. The van der Waals surface area contributed by atoms with Crippen molar-refractivity contribution >= 4 is 35.2 Å². The van der Waals surface area contributed by atoms with Crippen molar-refractivity contribution in [3.8, 4) is 0 Å². The van der Waals surface area contributed by atoms with Crippen LogP contribution in [0.25, 0.3) is 0 Å². The lowest BCUT2D eigenvalue weighted by Crippen LogP contribution is -2.28. The van der Waals surface area contributed by atoms with E-state index in [4.69, 9.17) is 10.5 Å². The average molecular weight is 460 g/mol. The Morgan fingerprint density at radius 2 is 1.50 bits per heavy atom. The fraction of sp³-hybridized carbons (Fsp3) is 0.120. The zero-order valence-corrected chi connectivity index (χ0v) is 18.4.